The Morgan fingerprint density at radius 2 is 2.00 bits per heavy atom. The predicted molar refractivity (Wildman–Crippen MR) is 93.7 cm³/mol. The molecule has 3 rings (SSSR count). The molecule has 0 radical (unpaired) electrons. The molecule has 0 atom stereocenters. The third kappa shape index (κ3) is 4.21. The number of nitrogens with zero attached hydrogens (tertiary/aromatic N) is 2. The molecule has 6 heteroatoms. The summed E-state index contributed by atoms with van der Waals surface area (Å²) in [5.74, 6) is 0.577. The van der Waals surface area contributed by atoms with E-state index in [2.05, 4.69) is 0 Å². The lowest BCUT2D eigenvalue weighted by atomic mass is 10.2. The molecule has 0 saturated carbocycles. The zero-order valence-electron chi connectivity index (χ0n) is 14.2. The van der Waals surface area contributed by atoms with E-state index in [4.69, 9.17) is 9.47 Å². The van der Waals surface area contributed by atoms with E-state index in [1.165, 1.54) is 6.07 Å². The van der Waals surface area contributed by atoms with E-state index in [1.807, 2.05) is 29.2 Å². The van der Waals surface area contributed by atoms with E-state index in [1.54, 1.807) is 30.1 Å². The van der Waals surface area contributed by atoms with Gasteiger partial charge in [0.15, 0.2) is 11.6 Å². The molecular formula is C19H21FN2O3. The predicted octanol–water partition coefficient (Wildman–Crippen LogP) is 2.56. The van der Waals surface area contributed by atoms with Crippen LogP contribution in [0.15, 0.2) is 48.5 Å². The SMILES string of the molecule is CN(CCOc1ccccc1F)C(=O)CN1CCOc2ccccc21. The summed E-state index contributed by atoms with van der Waals surface area (Å²) in [6, 6.07) is 13.9. The van der Waals surface area contributed by atoms with Crippen LogP contribution in [0.2, 0.25) is 0 Å². The first-order valence-corrected chi connectivity index (χ1v) is 8.23. The number of hydrogen-bond acceptors (Lipinski definition) is 4. The van der Waals surface area contributed by atoms with Crippen LogP contribution in [0, 0.1) is 5.82 Å². The van der Waals surface area contributed by atoms with E-state index in [-0.39, 0.29) is 24.8 Å². The van der Waals surface area contributed by atoms with Crippen LogP contribution >= 0.6 is 0 Å². The van der Waals surface area contributed by atoms with E-state index in [0.29, 0.717) is 19.7 Å². The Kier molecular flexibility index (Phi) is 5.38. The van der Waals surface area contributed by atoms with Crippen molar-refractivity contribution >= 4 is 11.6 Å². The van der Waals surface area contributed by atoms with Gasteiger partial charge in [0.05, 0.1) is 25.3 Å². The van der Waals surface area contributed by atoms with Crippen molar-refractivity contribution in [3.63, 3.8) is 0 Å². The Morgan fingerprint density at radius 3 is 2.84 bits per heavy atom. The van der Waals surface area contributed by atoms with Crippen molar-refractivity contribution in [2.75, 3.05) is 44.8 Å². The summed E-state index contributed by atoms with van der Waals surface area (Å²) in [7, 11) is 1.72. The highest BCUT2D eigenvalue weighted by molar-refractivity contribution is 5.82. The average molecular weight is 344 g/mol. The molecule has 132 valence electrons. The zero-order chi connectivity index (χ0) is 17.6. The maximum Gasteiger partial charge on any atom is 0.241 e. The number of benzene rings is 2. The van der Waals surface area contributed by atoms with Gasteiger partial charge in [0.1, 0.15) is 19.0 Å². The van der Waals surface area contributed by atoms with Gasteiger partial charge < -0.3 is 19.3 Å². The Hall–Kier alpha value is -2.76. The lowest BCUT2D eigenvalue weighted by Crippen LogP contribution is -2.43. The number of amides is 1. The van der Waals surface area contributed by atoms with Gasteiger partial charge in [0, 0.05) is 7.05 Å². The fraction of sp³-hybridized carbons (Fsp3) is 0.316. The van der Waals surface area contributed by atoms with Crippen LogP contribution in [0.4, 0.5) is 10.1 Å². The number of para-hydroxylation sites is 3. The second kappa shape index (κ2) is 7.88. The van der Waals surface area contributed by atoms with Gasteiger partial charge >= 0.3 is 0 Å². The van der Waals surface area contributed by atoms with E-state index in [0.717, 1.165) is 11.4 Å². The van der Waals surface area contributed by atoms with Gasteiger partial charge in [-0.25, -0.2) is 4.39 Å². The monoisotopic (exact) mass is 344 g/mol. The van der Waals surface area contributed by atoms with Crippen molar-refractivity contribution in [3.05, 3.63) is 54.3 Å². The molecular weight excluding hydrogens is 323 g/mol. The highest BCUT2D eigenvalue weighted by Crippen LogP contribution is 2.30. The topological polar surface area (TPSA) is 42.0 Å². The van der Waals surface area contributed by atoms with Crippen LogP contribution < -0.4 is 14.4 Å². The second-order valence-corrected chi connectivity index (χ2v) is 5.83. The van der Waals surface area contributed by atoms with Crippen molar-refractivity contribution in [2.24, 2.45) is 0 Å². The minimum atomic E-state index is -0.401. The lowest BCUT2D eigenvalue weighted by Gasteiger charge is -2.31. The Labute approximate surface area is 146 Å². The van der Waals surface area contributed by atoms with Gasteiger partial charge in [0.25, 0.3) is 0 Å². The molecule has 2 aromatic rings. The lowest BCUT2D eigenvalue weighted by molar-refractivity contribution is -0.128. The number of halogens is 1. The molecule has 1 aliphatic rings. The summed E-state index contributed by atoms with van der Waals surface area (Å²) in [6.07, 6.45) is 0. The minimum Gasteiger partial charge on any atom is -0.490 e. The molecule has 0 aliphatic carbocycles. The molecule has 0 spiro atoms. The number of hydrogen-bond donors (Lipinski definition) is 0. The van der Waals surface area contributed by atoms with Crippen LogP contribution in [-0.2, 0) is 4.79 Å². The van der Waals surface area contributed by atoms with Crippen molar-refractivity contribution in [2.45, 2.75) is 0 Å². The highest BCUT2D eigenvalue weighted by atomic mass is 19.1. The molecule has 0 aromatic heterocycles. The van der Waals surface area contributed by atoms with Crippen LogP contribution in [-0.4, -0.2) is 50.7 Å². The first kappa shape index (κ1) is 17.1. The van der Waals surface area contributed by atoms with Gasteiger partial charge in [-0.05, 0) is 24.3 Å². The van der Waals surface area contributed by atoms with Gasteiger partial charge in [0.2, 0.25) is 5.91 Å². The van der Waals surface area contributed by atoms with Gasteiger partial charge in [-0.1, -0.05) is 24.3 Å². The molecule has 25 heavy (non-hydrogen) atoms. The normalized spacial score (nSPS) is 13.0. The van der Waals surface area contributed by atoms with Crippen molar-refractivity contribution in [1.29, 1.82) is 0 Å². The van der Waals surface area contributed by atoms with Gasteiger partial charge in [-0.3, -0.25) is 4.79 Å². The molecule has 2 aromatic carbocycles. The zero-order valence-corrected chi connectivity index (χ0v) is 14.2. The number of ether oxygens (including phenoxy) is 2. The highest BCUT2D eigenvalue weighted by Gasteiger charge is 2.21. The van der Waals surface area contributed by atoms with Gasteiger partial charge in [-0.15, -0.1) is 0 Å². The molecule has 1 heterocycles. The first-order chi connectivity index (χ1) is 12.1. The Morgan fingerprint density at radius 1 is 1.24 bits per heavy atom. The summed E-state index contributed by atoms with van der Waals surface area (Å²) >= 11 is 0. The standard InChI is InChI=1S/C19H21FN2O3/c1-21(10-12-24-17-8-4-2-6-15(17)20)19(23)14-22-11-13-25-18-9-5-3-7-16(18)22/h2-9H,10-14H2,1H3. The van der Waals surface area contributed by atoms with Crippen molar-refractivity contribution < 1.29 is 18.7 Å². The number of likely N-dealkylation sites (N-methyl/N-ethyl adjacent to an activating group) is 1. The third-order valence-corrected chi connectivity index (χ3v) is 4.10. The summed E-state index contributed by atoms with van der Waals surface area (Å²) < 4.78 is 24.5. The van der Waals surface area contributed by atoms with Crippen molar-refractivity contribution in [1.82, 2.24) is 4.90 Å². The van der Waals surface area contributed by atoms with Crippen molar-refractivity contribution in [3.8, 4) is 11.5 Å². The first-order valence-electron chi connectivity index (χ1n) is 8.23. The van der Waals surface area contributed by atoms with Crippen LogP contribution in [0.1, 0.15) is 0 Å². The van der Waals surface area contributed by atoms with Gasteiger partial charge in [-0.2, -0.15) is 0 Å². The largest absolute Gasteiger partial charge is 0.490 e. The molecule has 1 amide bonds. The summed E-state index contributed by atoms with van der Waals surface area (Å²) in [5, 5.41) is 0. The van der Waals surface area contributed by atoms with E-state index >= 15 is 0 Å². The quantitative estimate of drug-likeness (QED) is 0.808. The third-order valence-electron chi connectivity index (χ3n) is 4.10. The van der Waals surface area contributed by atoms with Crippen LogP contribution in [0.3, 0.4) is 0 Å². The van der Waals surface area contributed by atoms with Crippen LogP contribution in [0.5, 0.6) is 11.5 Å². The second-order valence-electron chi connectivity index (χ2n) is 5.83. The minimum absolute atomic E-state index is 0.0196. The molecule has 0 saturated heterocycles. The summed E-state index contributed by atoms with van der Waals surface area (Å²) in [4.78, 5) is 16.0. The fourth-order valence-corrected chi connectivity index (χ4v) is 2.65. The molecule has 1 aliphatic heterocycles. The smallest absolute Gasteiger partial charge is 0.241 e. The summed E-state index contributed by atoms with van der Waals surface area (Å²) in [5.41, 5.74) is 0.929. The molecule has 0 fully saturated rings. The molecule has 5 nitrogen and oxygen atoms in total. The molecule has 0 N–H and O–H groups in total. The molecule has 0 bridgehead atoms. The number of carbonyl (C=O) groups is 1. The molecule has 0 unspecified atom stereocenters. The Bertz CT molecular complexity index is 738. The number of carbonyl (C=O) groups excluding carboxylic acids is 1. The number of fused-ring (bicyclic) bond motifs is 1. The summed E-state index contributed by atoms with van der Waals surface area (Å²) in [6.45, 7) is 2.13. The number of anilines is 1. The fourth-order valence-electron chi connectivity index (χ4n) is 2.65. The van der Waals surface area contributed by atoms with E-state index in [9.17, 15) is 9.18 Å². The maximum absolute atomic E-state index is 13.5. The Balaban J connectivity index is 1.51. The maximum atomic E-state index is 13.5. The van der Waals surface area contributed by atoms with Crippen LogP contribution in [0.25, 0.3) is 0 Å². The average Bonchev–Trinajstić information content (AvgIpc) is 2.63. The number of rotatable bonds is 6. The van der Waals surface area contributed by atoms with E-state index < -0.39 is 5.82 Å².